The summed E-state index contributed by atoms with van der Waals surface area (Å²) in [6, 6.07) is 18.1. The van der Waals surface area contributed by atoms with Gasteiger partial charge in [0.1, 0.15) is 5.60 Å². The van der Waals surface area contributed by atoms with Gasteiger partial charge in [0.2, 0.25) is 6.54 Å². The molecule has 4 nitrogen and oxygen atoms in total. The van der Waals surface area contributed by atoms with Crippen LogP contribution in [0.2, 0.25) is 0 Å². The zero-order chi connectivity index (χ0) is 13.7. The van der Waals surface area contributed by atoms with Crippen LogP contribution in [0.4, 0.5) is 0 Å². The van der Waals surface area contributed by atoms with Gasteiger partial charge in [-0.05, 0) is 11.1 Å². The molecule has 0 aliphatic heterocycles. The van der Waals surface area contributed by atoms with Gasteiger partial charge in [0, 0.05) is 11.3 Å². The van der Waals surface area contributed by atoms with Crippen LogP contribution < -0.4 is 0 Å². The first-order chi connectivity index (χ1) is 9.13. The van der Waals surface area contributed by atoms with Crippen molar-refractivity contribution in [3.05, 3.63) is 81.9 Å². The molecule has 0 unspecified atom stereocenters. The Kier molecular flexibility index (Phi) is 3.92. The first kappa shape index (κ1) is 13.2. The number of nitrogens with zero attached hydrogens (tertiary/aromatic N) is 1. The molecule has 2 rings (SSSR count). The van der Waals surface area contributed by atoms with Crippen LogP contribution in [0.15, 0.2) is 60.7 Å². The second-order valence-electron chi connectivity index (χ2n) is 4.40. The lowest BCUT2D eigenvalue weighted by molar-refractivity contribution is -0.483. The maximum absolute atomic E-state index is 10.9. The third-order valence-corrected chi connectivity index (χ3v) is 3.16. The molecule has 0 heterocycles. The predicted octanol–water partition coefficient (Wildman–Crippen LogP) is 2.59. The molecular formula is C15H15NO3. The number of benzene rings is 2. The highest BCUT2D eigenvalue weighted by atomic mass is 16.6. The van der Waals surface area contributed by atoms with Gasteiger partial charge in [-0.25, -0.2) is 0 Å². The van der Waals surface area contributed by atoms with Crippen LogP contribution in [0, 0.1) is 10.1 Å². The quantitative estimate of drug-likeness (QED) is 0.661. The number of hydrogen-bond donors (Lipinski definition) is 1. The van der Waals surface area contributed by atoms with Crippen molar-refractivity contribution in [2.45, 2.75) is 12.0 Å². The molecule has 2 aromatic carbocycles. The Morgan fingerprint density at radius 1 is 0.947 bits per heavy atom. The first-order valence-corrected chi connectivity index (χ1v) is 6.08. The minimum atomic E-state index is -1.32. The van der Waals surface area contributed by atoms with Crippen LogP contribution >= 0.6 is 0 Å². The van der Waals surface area contributed by atoms with Crippen molar-refractivity contribution in [1.29, 1.82) is 0 Å². The number of aliphatic hydroxyl groups is 1. The summed E-state index contributed by atoms with van der Waals surface area (Å²) in [6.45, 7) is -0.277. The van der Waals surface area contributed by atoms with Crippen molar-refractivity contribution in [3.63, 3.8) is 0 Å². The first-order valence-electron chi connectivity index (χ1n) is 6.08. The van der Waals surface area contributed by atoms with Gasteiger partial charge < -0.3 is 5.11 Å². The fraction of sp³-hybridized carbons (Fsp3) is 0.200. The highest BCUT2D eigenvalue weighted by Crippen LogP contribution is 2.32. The molecule has 0 aliphatic carbocycles. The fourth-order valence-electron chi connectivity index (χ4n) is 2.14. The normalized spacial score (nSPS) is 11.2. The van der Waals surface area contributed by atoms with E-state index in [1.165, 1.54) is 0 Å². The van der Waals surface area contributed by atoms with E-state index in [0.717, 1.165) is 0 Å². The molecule has 0 saturated carbocycles. The summed E-state index contributed by atoms with van der Waals surface area (Å²) in [7, 11) is 0. The molecule has 0 bridgehead atoms. The minimum absolute atomic E-state index is 0.0496. The van der Waals surface area contributed by atoms with Crippen LogP contribution in [0.5, 0.6) is 0 Å². The van der Waals surface area contributed by atoms with Gasteiger partial charge in [-0.15, -0.1) is 0 Å². The van der Waals surface area contributed by atoms with E-state index >= 15 is 0 Å². The maximum Gasteiger partial charge on any atom is 0.207 e. The van der Waals surface area contributed by atoms with Gasteiger partial charge in [-0.2, -0.15) is 0 Å². The Hall–Kier alpha value is -2.20. The van der Waals surface area contributed by atoms with Crippen molar-refractivity contribution in [3.8, 4) is 0 Å². The summed E-state index contributed by atoms with van der Waals surface area (Å²) >= 11 is 0. The second-order valence-corrected chi connectivity index (χ2v) is 4.40. The van der Waals surface area contributed by atoms with Crippen molar-refractivity contribution in [2.75, 3.05) is 6.54 Å². The SMILES string of the molecule is O=[N+]([O-])CCC(O)(c1ccccc1)c1ccccc1. The van der Waals surface area contributed by atoms with E-state index < -0.39 is 10.5 Å². The molecule has 4 heteroatoms. The Labute approximate surface area is 111 Å². The number of hydrogen-bond acceptors (Lipinski definition) is 3. The van der Waals surface area contributed by atoms with E-state index in [2.05, 4.69) is 0 Å². The Morgan fingerprint density at radius 3 is 1.74 bits per heavy atom. The van der Waals surface area contributed by atoms with Gasteiger partial charge in [0.15, 0.2) is 0 Å². The van der Waals surface area contributed by atoms with E-state index in [9.17, 15) is 15.2 Å². The highest BCUT2D eigenvalue weighted by molar-refractivity contribution is 5.35. The predicted molar refractivity (Wildman–Crippen MR) is 72.4 cm³/mol. The molecule has 0 atom stereocenters. The smallest absolute Gasteiger partial charge is 0.207 e. The molecule has 98 valence electrons. The highest BCUT2D eigenvalue weighted by Gasteiger charge is 2.32. The van der Waals surface area contributed by atoms with Crippen LogP contribution in [0.25, 0.3) is 0 Å². The molecule has 0 fully saturated rings. The standard InChI is InChI=1S/C15H15NO3/c17-15(11-12-16(18)19,13-7-3-1-4-8-13)14-9-5-2-6-10-14/h1-10,17H,11-12H2. The van der Waals surface area contributed by atoms with Crippen LogP contribution in [0.3, 0.4) is 0 Å². The molecular weight excluding hydrogens is 242 g/mol. The van der Waals surface area contributed by atoms with Gasteiger partial charge >= 0.3 is 0 Å². The molecule has 0 aliphatic rings. The molecule has 0 aromatic heterocycles. The van der Waals surface area contributed by atoms with Crippen LogP contribution in [-0.2, 0) is 5.60 Å². The third kappa shape index (κ3) is 2.98. The van der Waals surface area contributed by atoms with Crippen molar-refractivity contribution < 1.29 is 10.0 Å². The van der Waals surface area contributed by atoms with Crippen molar-refractivity contribution in [1.82, 2.24) is 0 Å². The lowest BCUT2D eigenvalue weighted by Gasteiger charge is -2.28. The molecule has 0 amide bonds. The Bertz CT molecular complexity index is 500. The molecule has 0 radical (unpaired) electrons. The summed E-state index contributed by atoms with van der Waals surface area (Å²) in [5, 5.41) is 21.5. The monoisotopic (exact) mass is 257 g/mol. The second kappa shape index (κ2) is 5.63. The van der Waals surface area contributed by atoms with Crippen LogP contribution in [-0.4, -0.2) is 16.6 Å². The van der Waals surface area contributed by atoms with Crippen LogP contribution in [0.1, 0.15) is 17.5 Å². The van der Waals surface area contributed by atoms with E-state index in [1.54, 1.807) is 24.3 Å². The van der Waals surface area contributed by atoms with E-state index in [4.69, 9.17) is 0 Å². The Morgan fingerprint density at radius 2 is 1.37 bits per heavy atom. The number of rotatable bonds is 5. The largest absolute Gasteiger partial charge is 0.380 e. The fourth-order valence-corrected chi connectivity index (χ4v) is 2.14. The lowest BCUT2D eigenvalue weighted by Crippen LogP contribution is -2.30. The Balaban J connectivity index is 2.41. The third-order valence-electron chi connectivity index (χ3n) is 3.16. The van der Waals surface area contributed by atoms with Gasteiger partial charge in [-0.3, -0.25) is 10.1 Å². The molecule has 0 saturated heterocycles. The van der Waals surface area contributed by atoms with E-state index in [-0.39, 0.29) is 13.0 Å². The summed E-state index contributed by atoms with van der Waals surface area (Å²) in [6.07, 6.45) is 0.0496. The average molecular weight is 257 g/mol. The van der Waals surface area contributed by atoms with E-state index in [1.807, 2.05) is 36.4 Å². The zero-order valence-electron chi connectivity index (χ0n) is 10.4. The van der Waals surface area contributed by atoms with Crippen molar-refractivity contribution in [2.24, 2.45) is 0 Å². The summed E-state index contributed by atoms with van der Waals surface area (Å²) < 4.78 is 0. The summed E-state index contributed by atoms with van der Waals surface area (Å²) in [4.78, 5) is 10.2. The topological polar surface area (TPSA) is 63.4 Å². The molecule has 19 heavy (non-hydrogen) atoms. The summed E-state index contributed by atoms with van der Waals surface area (Å²) in [5.41, 5.74) is 0.0152. The minimum Gasteiger partial charge on any atom is -0.380 e. The van der Waals surface area contributed by atoms with E-state index in [0.29, 0.717) is 11.1 Å². The lowest BCUT2D eigenvalue weighted by atomic mass is 9.83. The van der Waals surface area contributed by atoms with Gasteiger partial charge in [-0.1, -0.05) is 60.7 Å². The van der Waals surface area contributed by atoms with Crippen molar-refractivity contribution >= 4 is 0 Å². The zero-order valence-corrected chi connectivity index (χ0v) is 10.4. The van der Waals surface area contributed by atoms with Gasteiger partial charge in [0.25, 0.3) is 0 Å². The molecule has 0 spiro atoms. The van der Waals surface area contributed by atoms with Gasteiger partial charge in [0.05, 0.1) is 0 Å². The molecule has 1 N–H and O–H groups in total. The maximum atomic E-state index is 10.9. The molecule has 2 aromatic rings. The summed E-state index contributed by atoms with van der Waals surface area (Å²) in [5.74, 6) is 0. The number of nitro groups is 1. The average Bonchev–Trinajstić information content (AvgIpc) is 2.46.